The van der Waals surface area contributed by atoms with Crippen molar-refractivity contribution in [2.75, 3.05) is 0 Å². The molecule has 0 unspecified atom stereocenters. The van der Waals surface area contributed by atoms with Crippen LogP contribution in [0.5, 0.6) is 0 Å². The van der Waals surface area contributed by atoms with Gasteiger partial charge in [0.15, 0.2) is 0 Å². The molecule has 1 fully saturated rings. The molecule has 9 nitrogen and oxygen atoms in total. The molecular formula is C32H30BN7O2. The summed E-state index contributed by atoms with van der Waals surface area (Å²) in [7, 11) is -0.522. The Morgan fingerprint density at radius 1 is 0.643 bits per heavy atom. The molecule has 0 atom stereocenters. The van der Waals surface area contributed by atoms with Crippen LogP contribution in [0.2, 0.25) is 0 Å². The van der Waals surface area contributed by atoms with Crippen molar-refractivity contribution in [2.24, 2.45) is 0 Å². The molecule has 1 aliphatic rings. The highest BCUT2D eigenvalue weighted by molar-refractivity contribution is 6.66. The zero-order chi connectivity index (χ0) is 29.2. The summed E-state index contributed by atoms with van der Waals surface area (Å²) in [6, 6.07) is 16.3. The van der Waals surface area contributed by atoms with Gasteiger partial charge in [0.05, 0.1) is 57.4 Å². The van der Waals surface area contributed by atoms with E-state index in [2.05, 4.69) is 76.5 Å². The Kier molecular flexibility index (Phi) is 5.97. The van der Waals surface area contributed by atoms with E-state index >= 15 is 0 Å². The summed E-state index contributed by atoms with van der Waals surface area (Å²) in [5, 5.41) is 2.09. The van der Waals surface area contributed by atoms with E-state index in [0.717, 1.165) is 38.7 Å². The van der Waals surface area contributed by atoms with Crippen molar-refractivity contribution in [3.8, 4) is 28.7 Å². The van der Waals surface area contributed by atoms with Crippen LogP contribution in [0.1, 0.15) is 39.1 Å². The minimum absolute atomic E-state index is 0.464. The molecule has 0 saturated carbocycles. The van der Waals surface area contributed by atoms with Crippen molar-refractivity contribution in [3.63, 3.8) is 0 Å². The van der Waals surface area contributed by atoms with Crippen molar-refractivity contribution < 1.29 is 9.31 Å². The predicted octanol–water partition coefficient (Wildman–Crippen LogP) is 5.40. The minimum Gasteiger partial charge on any atom is -0.399 e. The number of para-hydroxylation sites is 1. The van der Waals surface area contributed by atoms with Gasteiger partial charge in [-0.3, -0.25) is 24.5 Å². The number of fused-ring (bicyclic) bond motifs is 3. The minimum atomic E-state index is -0.522. The molecule has 10 heteroatoms. The Hall–Kier alpha value is -4.54. The summed E-state index contributed by atoms with van der Waals surface area (Å²) in [6.07, 6.45) is 6.93. The van der Waals surface area contributed by atoms with Crippen LogP contribution in [0.4, 0.5) is 0 Å². The Labute approximate surface area is 244 Å². The molecule has 1 saturated heterocycles. The first-order chi connectivity index (χ1) is 20.1. The molecule has 0 radical (unpaired) electrons. The first kappa shape index (κ1) is 26.4. The lowest BCUT2D eigenvalue weighted by molar-refractivity contribution is 0.00578. The van der Waals surface area contributed by atoms with Crippen LogP contribution >= 0.6 is 0 Å². The van der Waals surface area contributed by atoms with Crippen LogP contribution in [-0.4, -0.2) is 52.8 Å². The highest BCUT2D eigenvalue weighted by atomic mass is 16.7. The monoisotopic (exact) mass is 555 g/mol. The maximum atomic E-state index is 6.50. The zero-order valence-electron chi connectivity index (χ0n) is 24.5. The van der Waals surface area contributed by atoms with Gasteiger partial charge in [0.2, 0.25) is 5.95 Å². The quantitative estimate of drug-likeness (QED) is 0.267. The Morgan fingerprint density at radius 2 is 1.21 bits per heavy atom. The lowest BCUT2D eigenvalue weighted by atomic mass is 9.76. The second-order valence-corrected chi connectivity index (χ2v) is 11.7. The highest BCUT2D eigenvalue weighted by Crippen LogP contribution is 2.38. The first-order valence-electron chi connectivity index (χ1n) is 14.0. The predicted molar refractivity (Wildman–Crippen MR) is 164 cm³/mol. The molecule has 6 aromatic rings. The molecule has 42 heavy (non-hydrogen) atoms. The van der Waals surface area contributed by atoms with E-state index in [9.17, 15) is 0 Å². The number of aryl methyl sites for hydroxylation is 2. The van der Waals surface area contributed by atoms with Crippen molar-refractivity contribution >= 4 is 34.4 Å². The normalized spacial score (nSPS) is 16.0. The fourth-order valence-corrected chi connectivity index (χ4v) is 5.28. The van der Waals surface area contributed by atoms with E-state index < -0.39 is 18.3 Å². The van der Waals surface area contributed by atoms with E-state index in [1.807, 2.05) is 38.1 Å². The van der Waals surface area contributed by atoms with Gasteiger partial charge in [-0.2, -0.15) is 0 Å². The van der Waals surface area contributed by atoms with Gasteiger partial charge >= 0.3 is 7.12 Å². The van der Waals surface area contributed by atoms with E-state index in [4.69, 9.17) is 19.3 Å². The van der Waals surface area contributed by atoms with Crippen molar-refractivity contribution in [3.05, 3.63) is 84.7 Å². The van der Waals surface area contributed by atoms with Gasteiger partial charge in [-0.05, 0) is 65.2 Å². The molecular weight excluding hydrogens is 525 g/mol. The lowest BCUT2D eigenvalue weighted by Gasteiger charge is -2.32. The molecule has 0 N–H and O–H groups in total. The average Bonchev–Trinajstić information content (AvgIpc) is 3.43. The van der Waals surface area contributed by atoms with Crippen LogP contribution in [0, 0.1) is 13.8 Å². The van der Waals surface area contributed by atoms with Crippen LogP contribution < -0.4 is 5.46 Å². The molecule has 0 bridgehead atoms. The second kappa shape index (κ2) is 9.50. The molecule has 2 aromatic carbocycles. The fraction of sp³-hybridized carbons (Fsp3) is 0.250. The number of aromatic nitrogens is 7. The number of benzene rings is 2. The third-order valence-electron chi connectivity index (χ3n) is 8.24. The molecule has 1 aliphatic heterocycles. The average molecular weight is 555 g/mol. The smallest absolute Gasteiger partial charge is 0.399 e. The standard InChI is InChI=1S/C32H30BN7O2/c1-19-15-36-25(17-34-19)23-14-24(26-18-35-20(2)16-37-26)39-30(38-23)40-27-12-8-7-10-21(27)29-22(11-9-13-28(29)40)33-41-31(3,4)32(5,6)42-33/h7-18H,1-6H3. The highest BCUT2D eigenvalue weighted by Gasteiger charge is 2.52. The van der Waals surface area contributed by atoms with Gasteiger partial charge in [0.1, 0.15) is 11.4 Å². The Balaban J connectivity index is 1.49. The van der Waals surface area contributed by atoms with Gasteiger partial charge < -0.3 is 9.31 Å². The maximum Gasteiger partial charge on any atom is 0.495 e. The van der Waals surface area contributed by atoms with Crippen LogP contribution in [-0.2, 0) is 9.31 Å². The van der Waals surface area contributed by atoms with Gasteiger partial charge in [-0.15, -0.1) is 0 Å². The van der Waals surface area contributed by atoms with Gasteiger partial charge in [0.25, 0.3) is 0 Å². The lowest BCUT2D eigenvalue weighted by Crippen LogP contribution is -2.41. The molecule has 0 aliphatic carbocycles. The number of hydrogen-bond donors (Lipinski definition) is 0. The topological polar surface area (TPSA) is 101 Å². The third-order valence-corrected chi connectivity index (χ3v) is 8.24. The summed E-state index contributed by atoms with van der Waals surface area (Å²) in [4.78, 5) is 28.2. The molecule has 0 amide bonds. The third kappa shape index (κ3) is 4.26. The van der Waals surface area contributed by atoms with E-state index in [-0.39, 0.29) is 0 Å². The molecule has 4 aromatic heterocycles. The molecule has 0 spiro atoms. The van der Waals surface area contributed by atoms with Gasteiger partial charge in [-0.25, -0.2) is 9.97 Å². The van der Waals surface area contributed by atoms with Crippen LogP contribution in [0.3, 0.4) is 0 Å². The summed E-state index contributed by atoms with van der Waals surface area (Å²) in [6.45, 7) is 12.1. The van der Waals surface area contributed by atoms with E-state index in [0.29, 0.717) is 28.7 Å². The second-order valence-electron chi connectivity index (χ2n) is 11.7. The van der Waals surface area contributed by atoms with Gasteiger partial charge in [0, 0.05) is 23.2 Å². The number of hydrogen-bond acceptors (Lipinski definition) is 8. The zero-order valence-corrected chi connectivity index (χ0v) is 24.5. The maximum absolute atomic E-state index is 6.50. The van der Waals surface area contributed by atoms with Crippen molar-refractivity contribution in [1.82, 2.24) is 34.5 Å². The van der Waals surface area contributed by atoms with Crippen molar-refractivity contribution in [1.29, 1.82) is 0 Å². The molecule has 7 rings (SSSR count). The van der Waals surface area contributed by atoms with E-state index in [1.54, 1.807) is 24.8 Å². The van der Waals surface area contributed by atoms with E-state index in [1.165, 1.54) is 0 Å². The van der Waals surface area contributed by atoms with Crippen LogP contribution in [0.25, 0.3) is 50.5 Å². The summed E-state index contributed by atoms with van der Waals surface area (Å²) < 4.78 is 15.1. The largest absolute Gasteiger partial charge is 0.495 e. The summed E-state index contributed by atoms with van der Waals surface area (Å²) in [5.41, 5.74) is 6.16. The fourth-order valence-electron chi connectivity index (χ4n) is 5.28. The van der Waals surface area contributed by atoms with Crippen LogP contribution in [0.15, 0.2) is 73.3 Å². The number of rotatable bonds is 4. The summed E-state index contributed by atoms with van der Waals surface area (Å²) in [5.74, 6) is 0.490. The SMILES string of the molecule is Cc1cnc(-c2cc(-c3cnc(C)cn3)nc(-n3c4ccccc4c4c(B5OC(C)(C)C(C)(C)O5)cccc43)n2)cn1. The first-order valence-corrected chi connectivity index (χ1v) is 14.0. The van der Waals surface area contributed by atoms with Crippen molar-refractivity contribution in [2.45, 2.75) is 52.7 Å². The van der Waals surface area contributed by atoms with Gasteiger partial charge in [-0.1, -0.05) is 30.3 Å². The number of nitrogens with zero attached hydrogens (tertiary/aromatic N) is 7. The summed E-state index contributed by atoms with van der Waals surface area (Å²) >= 11 is 0. The molecule has 208 valence electrons. The molecule has 5 heterocycles. The Bertz CT molecular complexity index is 1890. The Morgan fingerprint density at radius 3 is 1.79 bits per heavy atom.